The normalized spacial score (nSPS) is 19.4. The largest absolute Gasteiger partial charge is 0.445 e. The van der Waals surface area contributed by atoms with Crippen molar-refractivity contribution < 1.29 is 13.6 Å². The number of benzene rings is 2. The second-order valence-corrected chi connectivity index (χ2v) is 8.32. The fourth-order valence-electron chi connectivity index (χ4n) is 5.13. The van der Waals surface area contributed by atoms with Crippen molar-refractivity contribution in [2.24, 2.45) is 0 Å². The molecular weight excluding hydrogens is 381 g/mol. The van der Waals surface area contributed by atoms with Crippen molar-refractivity contribution in [1.29, 1.82) is 0 Å². The van der Waals surface area contributed by atoms with E-state index in [4.69, 9.17) is 4.42 Å². The lowest BCUT2D eigenvalue weighted by atomic mass is 10.0. The van der Waals surface area contributed by atoms with Gasteiger partial charge in [0, 0.05) is 65.5 Å². The molecular formula is C24H22FN3O2. The van der Waals surface area contributed by atoms with Crippen molar-refractivity contribution in [2.75, 3.05) is 19.6 Å². The number of carbonyl (C=O) groups is 1. The highest BCUT2D eigenvalue weighted by Crippen LogP contribution is 2.38. The summed E-state index contributed by atoms with van der Waals surface area (Å²) in [6.45, 7) is 2.94. The van der Waals surface area contributed by atoms with Crippen molar-refractivity contribution in [1.82, 2.24) is 14.5 Å². The number of ketones is 1. The second kappa shape index (κ2) is 6.77. The molecule has 1 saturated heterocycles. The average molecular weight is 403 g/mol. The summed E-state index contributed by atoms with van der Waals surface area (Å²) in [4.78, 5) is 18.8. The van der Waals surface area contributed by atoms with Crippen LogP contribution in [0.4, 0.5) is 4.39 Å². The number of Topliss-reactive ketones (excluding diaryl/α,β-unsaturated/α-hetero) is 1. The van der Waals surface area contributed by atoms with E-state index in [1.165, 1.54) is 0 Å². The molecule has 0 amide bonds. The van der Waals surface area contributed by atoms with E-state index in [1.807, 2.05) is 12.1 Å². The first-order valence-corrected chi connectivity index (χ1v) is 10.6. The quantitative estimate of drug-likeness (QED) is 0.499. The lowest BCUT2D eigenvalue weighted by Gasteiger charge is -2.16. The SMILES string of the molecule is O=C1CCc2c1ccc1c2c2cc(-c3ncco3)ccc2n1CCN1CCC(F)C1. The molecule has 2 aromatic carbocycles. The molecule has 1 aliphatic carbocycles. The van der Waals surface area contributed by atoms with E-state index in [1.54, 1.807) is 12.5 Å². The molecule has 0 N–H and O–H groups in total. The van der Waals surface area contributed by atoms with E-state index in [9.17, 15) is 9.18 Å². The van der Waals surface area contributed by atoms with Gasteiger partial charge in [0.2, 0.25) is 5.89 Å². The third kappa shape index (κ3) is 2.70. The fourth-order valence-corrected chi connectivity index (χ4v) is 5.13. The highest BCUT2D eigenvalue weighted by molar-refractivity contribution is 6.15. The predicted molar refractivity (Wildman–Crippen MR) is 114 cm³/mol. The lowest BCUT2D eigenvalue weighted by molar-refractivity contribution is 0.0994. The molecule has 1 unspecified atom stereocenters. The van der Waals surface area contributed by atoms with Gasteiger partial charge in [-0.15, -0.1) is 0 Å². The first-order valence-electron chi connectivity index (χ1n) is 10.6. The maximum atomic E-state index is 13.6. The maximum Gasteiger partial charge on any atom is 0.225 e. The Hall–Kier alpha value is -2.99. The van der Waals surface area contributed by atoms with Crippen LogP contribution in [0.1, 0.15) is 28.8 Å². The van der Waals surface area contributed by atoms with Gasteiger partial charge in [-0.05, 0) is 48.7 Å². The molecule has 0 radical (unpaired) electrons. The van der Waals surface area contributed by atoms with Crippen LogP contribution in [0.3, 0.4) is 0 Å². The number of nitrogens with zero attached hydrogens (tertiary/aromatic N) is 3. The van der Waals surface area contributed by atoms with Gasteiger partial charge in [-0.3, -0.25) is 9.69 Å². The molecule has 0 saturated carbocycles. The van der Waals surface area contributed by atoms with E-state index in [0.29, 0.717) is 25.3 Å². The molecule has 30 heavy (non-hydrogen) atoms. The summed E-state index contributed by atoms with van der Waals surface area (Å²) in [6, 6.07) is 10.3. The highest BCUT2D eigenvalue weighted by Gasteiger charge is 2.26. The zero-order chi connectivity index (χ0) is 20.2. The van der Waals surface area contributed by atoms with Crippen LogP contribution < -0.4 is 0 Å². The van der Waals surface area contributed by atoms with Crippen LogP contribution in [0.25, 0.3) is 33.3 Å². The van der Waals surface area contributed by atoms with Gasteiger partial charge >= 0.3 is 0 Å². The van der Waals surface area contributed by atoms with Crippen molar-refractivity contribution in [3.8, 4) is 11.5 Å². The Morgan fingerprint density at radius 2 is 2.03 bits per heavy atom. The molecule has 3 heterocycles. The molecule has 2 aliphatic rings. The minimum atomic E-state index is -0.708. The molecule has 152 valence electrons. The Balaban J connectivity index is 1.53. The van der Waals surface area contributed by atoms with Gasteiger partial charge < -0.3 is 8.98 Å². The van der Waals surface area contributed by atoms with E-state index in [-0.39, 0.29) is 5.78 Å². The van der Waals surface area contributed by atoms with Gasteiger partial charge in [0.25, 0.3) is 0 Å². The summed E-state index contributed by atoms with van der Waals surface area (Å²) in [5.41, 5.74) is 5.19. The predicted octanol–water partition coefficient (Wildman–Crippen LogP) is 4.62. The molecule has 1 fully saturated rings. The van der Waals surface area contributed by atoms with E-state index in [0.717, 1.165) is 64.6 Å². The summed E-state index contributed by atoms with van der Waals surface area (Å²) >= 11 is 0. The highest BCUT2D eigenvalue weighted by atomic mass is 19.1. The summed E-state index contributed by atoms with van der Waals surface area (Å²) in [6.07, 6.45) is 4.50. The van der Waals surface area contributed by atoms with Crippen molar-refractivity contribution in [3.63, 3.8) is 0 Å². The van der Waals surface area contributed by atoms with Crippen molar-refractivity contribution in [2.45, 2.75) is 32.0 Å². The minimum absolute atomic E-state index is 0.225. The second-order valence-electron chi connectivity index (χ2n) is 8.32. The zero-order valence-electron chi connectivity index (χ0n) is 16.6. The molecule has 0 bridgehead atoms. The van der Waals surface area contributed by atoms with Gasteiger partial charge in [0.05, 0.1) is 6.20 Å². The number of hydrogen-bond donors (Lipinski definition) is 0. The smallest absolute Gasteiger partial charge is 0.225 e. The number of oxazole rings is 1. The Bertz CT molecular complexity index is 1280. The summed E-state index contributed by atoms with van der Waals surface area (Å²) < 4.78 is 21.4. The van der Waals surface area contributed by atoms with Crippen LogP contribution in [0, 0.1) is 0 Å². The van der Waals surface area contributed by atoms with Gasteiger partial charge in [0.1, 0.15) is 12.4 Å². The summed E-state index contributed by atoms with van der Waals surface area (Å²) in [5, 5.41) is 2.28. The third-order valence-electron chi connectivity index (χ3n) is 6.57. The zero-order valence-corrected chi connectivity index (χ0v) is 16.6. The van der Waals surface area contributed by atoms with Crippen LogP contribution in [0.2, 0.25) is 0 Å². The van der Waals surface area contributed by atoms with E-state index in [2.05, 4.69) is 32.7 Å². The number of carbonyl (C=O) groups excluding carboxylic acids is 1. The van der Waals surface area contributed by atoms with Crippen LogP contribution in [0.5, 0.6) is 0 Å². The van der Waals surface area contributed by atoms with E-state index < -0.39 is 6.17 Å². The van der Waals surface area contributed by atoms with Gasteiger partial charge in [-0.1, -0.05) is 0 Å². The third-order valence-corrected chi connectivity index (χ3v) is 6.57. The molecule has 5 nitrogen and oxygen atoms in total. The van der Waals surface area contributed by atoms with E-state index >= 15 is 0 Å². The monoisotopic (exact) mass is 403 g/mol. The number of aromatic nitrogens is 2. The number of halogens is 1. The molecule has 2 aromatic heterocycles. The van der Waals surface area contributed by atoms with Crippen molar-refractivity contribution in [3.05, 3.63) is 53.9 Å². The Morgan fingerprint density at radius 3 is 2.83 bits per heavy atom. The molecule has 6 heteroatoms. The van der Waals surface area contributed by atoms with Crippen LogP contribution in [0.15, 0.2) is 47.2 Å². The topological polar surface area (TPSA) is 51.3 Å². The number of likely N-dealkylation sites (tertiary alicyclic amines) is 1. The van der Waals surface area contributed by atoms with Crippen LogP contribution in [-0.4, -0.2) is 46.0 Å². The van der Waals surface area contributed by atoms with Gasteiger partial charge in [-0.25, -0.2) is 9.37 Å². The Morgan fingerprint density at radius 1 is 1.13 bits per heavy atom. The van der Waals surface area contributed by atoms with Crippen LogP contribution >= 0.6 is 0 Å². The fraction of sp³-hybridized carbons (Fsp3) is 0.333. The number of rotatable bonds is 4. The lowest BCUT2D eigenvalue weighted by Crippen LogP contribution is -2.25. The summed E-state index contributed by atoms with van der Waals surface area (Å²) in [7, 11) is 0. The molecule has 4 aromatic rings. The molecule has 1 atom stereocenters. The Labute approximate surface area is 173 Å². The molecule has 1 aliphatic heterocycles. The molecule has 6 rings (SSSR count). The standard InChI is InChI=1S/C24H22FN3O2/c25-16-7-9-27(14-16)10-11-28-20-4-1-15(24-26-8-12-30-24)13-19(20)23-18-3-6-22(29)17(18)2-5-21(23)28/h1-2,4-5,8,12-13,16H,3,6-7,9-11,14H2. The number of alkyl halides is 1. The first kappa shape index (κ1) is 17.8. The minimum Gasteiger partial charge on any atom is -0.445 e. The van der Waals surface area contributed by atoms with Gasteiger partial charge in [0.15, 0.2) is 5.78 Å². The average Bonchev–Trinajstić information content (AvgIpc) is 3.53. The maximum absolute atomic E-state index is 13.6. The Kier molecular flexibility index (Phi) is 4.03. The van der Waals surface area contributed by atoms with Gasteiger partial charge in [-0.2, -0.15) is 0 Å². The number of aryl methyl sites for hydroxylation is 1. The number of fused-ring (bicyclic) bond motifs is 5. The van der Waals surface area contributed by atoms with Crippen LogP contribution in [-0.2, 0) is 13.0 Å². The molecule has 0 spiro atoms. The van der Waals surface area contributed by atoms with Crippen molar-refractivity contribution >= 4 is 27.6 Å². The number of hydrogen-bond acceptors (Lipinski definition) is 4. The summed E-state index contributed by atoms with van der Waals surface area (Å²) in [5.74, 6) is 0.815. The first-order chi connectivity index (χ1) is 14.7.